The minimum absolute atomic E-state index is 0.196. The van der Waals surface area contributed by atoms with Crippen molar-refractivity contribution >= 4 is 34.8 Å². The number of benzene rings is 1. The molecule has 1 atom stereocenters. The zero-order valence-corrected chi connectivity index (χ0v) is 18.2. The van der Waals surface area contributed by atoms with Gasteiger partial charge in [0.2, 0.25) is 0 Å². The molecule has 1 aromatic heterocycles. The van der Waals surface area contributed by atoms with Crippen molar-refractivity contribution in [1.29, 1.82) is 0 Å². The van der Waals surface area contributed by atoms with Crippen LogP contribution in [0.5, 0.6) is 0 Å². The Bertz CT molecular complexity index is 864. The maximum Gasteiger partial charge on any atom is 0.410 e. The second-order valence-electron chi connectivity index (χ2n) is 9.37. The van der Waals surface area contributed by atoms with E-state index in [1.165, 1.54) is 12.8 Å². The monoisotopic (exact) mass is 419 g/mol. The van der Waals surface area contributed by atoms with Gasteiger partial charge in [0.05, 0.1) is 0 Å². The van der Waals surface area contributed by atoms with Gasteiger partial charge in [0.15, 0.2) is 5.58 Å². The summed E-state index contributed by atoms with van der Waals surface area (Å²) in [6, 6.07) is 6.44. The predicted octanol–water partition coefficient (Wildman–Crippen LogP) is 5.71. The SMILES string of the molecule is CC(C)(C)OC(=O)N1CCC(C[C@H](Nc2nc3ccc(Cl)cc3o2)C2CC2)CC1. The average Bonchev–Trinajstić information content (AvgIpc) is 3.41. The Balaban J connectivity index is 1.33. The van der Waals surface area contributed by atoms with Gasteiger partial charge in [-0.25, -0.2) is 4.79 Å². The van der Waals surface area contributed by atoms with Gasteiger partial charge in [-0.2, -0.15) is 4.98 Å². The van der Waals surface area contributed by atoms with Crippen molar-refractivity contribution < 1.29 is 13.9 Å². The number of hydrogen-bond acceptors (Lipinski definition) is 5. The van der Waals surface area contributed by atoms with Gasteiger partial charge < -0.3 is 19.4 Å². The summed E-state index contributed by atoms with van der Waals surface area (Å²) in [5, 5.41) is 4.18. The number of likely N-dealkylation sites (tertiary alicyclic amines) is 1. The molecule has 1 aromatic carbocycles. The van der Waals surface area contributed by atoms with E-state index in [2.05, 4.69) is 10.3 Å². The van der Waals surface area contributed by atoms with Gasteiger partial charge in [-0.1, -0.05) is 11.6 Å². The molecule has 29 heavy (non-hydrogen) atoms. The highest BCUT2D eigenvalue weighted by atomic mass is 35.5. The smallest absolute Gasteiger partial charge is 0.410 e. The van der Waals surface area contributed by atoms with E-state index in [-0.39, 0.29) is 6.09 Å². The minimum atomic E-state index is -0.446. The number of fused-ring (bicyclic) bond motifs is 1. The molecule has 1 N–H and O–H groups in total. The molecule has 4 rings (SSSR count). The number of carbonyl (C=O) groups excluding carboxylic acids is 1. The quantitative estimate of drug-likeness (QED) is 0.672. The number of nitrogens with zero attached hydrogens (tertiary/aromatic N) is 2. The first-order valence-electron chi connectivity index (χ1n) is 10.6. The normalized spacial score (nSPS) is 19.4. The molecule has 2 aliphatic rings. The molecule has 2 fully saturated rings. The third-order valence-corrected chi connectivity index (χ3v) is 5.94. The van der Waals surface area contributed by atoms with Gasteiger partial charge in [0.1, 0.15) is 11.1 Å². The molecule has 1 amide bonds. The number of piperidine rings is 1. The maximum atomic E-state index is 12.3. The zero-order valence-electron chi connectivity index (χ0n) is 17.4. The van der Waals surface area contributed by atoms with Crippen LogP contribution in [0.2, 0.25) is 5.02 Å². The molecule has 2 aromatic rings. The highest BCUT2D eigenvalue weighted by Crippen LogP contribution is 2.39. The van der Waals surface area contributed by atoms with Crippen molar-refractivity contribution in [2.75, 3.05) is 18.4 Å². The van der Waals surface area contributed by atoms with Gasteiger partial charge in [-0.3, -0.25) is 0 Å². The maximum absolute atomic E-state index is 12.3. The number of ether oxygens (including phenoxy) is 1. The van der Waals surface area contributed by atoms with E-state index in [1.807, 2.05) is 37.8 Å². The molecule has 1 aliphatic heterocycles. The summed E-state index contributed by atoms with van der Waals surface area (Å²) in [6.07, 6.45) is 5.39. The number of rotatable bonds is 5. The lowest BCUT2D eigenvalue weighted by atomic mass is 9.89. The molecule has 0 spiro atoms. The van der Waals surface area contributed by atoms with Crippen molar-refractivity contribution in [3.63, 3.8) is 0 Å². The lowest BCUT2D eigenvalue weighted by molar-refractivity contribution is 0.0179. The second-order valence-corrected chi connectivity index (χ2v) is 9.80. The zero-order chi connectivity index (χ0) is 20.6. The third-order valence-electron chi connectivity index (χ3n) is 5.70. The van der Waals surface area contributed by atoms with Crippen LogP contribution in [0.1, 0.15) is 52.9 Å². The topological polar surface area (TPSA) is 67.6 Å². The lowest BCUT2D eigenvalue weighted by Gasteiger charge is -2.34. The number of oxazole rings is 1. The van der Waals surface area contributed by atoms with Crippen molar-refractivity contribution in [3.05, 3.63) is 23.2 Å². The van der Waals surface area contributed by atoms with E-state index in [0.29, 0.717) is 34.5 Å². The van der Waals surface area contributed by atoms with Crippen LogP contribution in [0.15, 0.2) is 22.6 Å². The van der Waals surface area contributed by atoms with Crippen LogP contribution >= 0.6 is 11.6 Å². The summed E-state index contributed by atoms with van der Waals surface area (Å²) in [6.45, 7) is 7.24. The molecule has 1 saturated heterocycles. The Morgan fingerprint density at radius 1 is 1.31 bits per heavy atom. The molecule has 0 unspecified atom stereocenters. The molecule has 158 valence electrons. The Morgan fingerprint density at radius 2 is 2.03 bits per heavy atom. The van der Waals surface area contributed by atoms with Crippen LogP contribution in [0.25, 0.3) is 11.1 Å². The van der Waals surface area contributed by atoms with Crippen LogP contribution in [-0.2, 0) is 4.74 Å². The van der Waals surface area contributed by atoms with Crippen LogP contribution in [0.3, 0.4) is 0 Å². The molecule has 7 heteroatoms. The molecule has 2 heterocycles. The summed E-state index contributed by atoms with van der Waals surface area (Å²) in [7, 11) is 0. The fourth-order valence-electron chi connectivity index (χ4n) is 4.02. The van der Waals surface area contributed by atoms with Crippen LogP contribution in [0, 0.1) is 11.8 Å². The molecule has 0 bridgehead atoms. The van der Waals surface area contributed by atoms with Crippen molar-refractivity contribution in [3.8, 4) is 0 Å². The van der Waals surface area contributed by atoms with Crippen molar-refractivity contribution in [2.24, 2.45) is 11.8 Å². The summed E-state index contributed by atoms with van der Waals surface area (Å²) in [5.74, 6) is 1.27. The Hall–Kier alpha value is -1.95. The first kappa shape index (κ1) is 20.3. The number of hydrogen-bond donors (Lipinski definition) is 1. The Kier molecular flexibility index (Phi) is 5.65. The minimum Gasteiger partial charge on any atom is -0.444 e. The number of halogens is 1. The summed E-state index contributed by atoms with van der Waals surface area (Å²) >= 11 is 6.05. The predicted molar refractivity (Wildman–Crippen MR) is 114 cm³/mol. The number of aromatic nitrogens is 1. The Labute approximate surface area is 176 Å². The summed E-state index contributed by atoms with van der Waals surface area (Å²) in [5.41, 5.74) is 1.08. The van der Waals surface area contributed by atoms with Crippen LogP contribution in [0.4, 0.5) is 10.8 Å². The molecular formula is C22H30ClN3O3. The number of nitrogens with one attached hydrogen (secondary N) is 1. The summed E-state index contributed by atoms with van der Waals surface area (Å²) < 4.78 is 11.4. The largest absolute Gasteiger partial charge is 0.444 e. The average molecular weight is 420 g/mol. The van der Waals surface area contributed by atoms with Gasteiger partial charge in [-0.05, 0) is 76.8 Å². The first-order chi connectivity index (χ1) is 13.8. The van der Waals surface area contributed by atoms with E-state index < -0.39 is 5.60 Å². The van der Waals surface area contributed by atoms with Crippen molar-refractivity contribution in [2.45, 2.75) is 64.5 Å². The molecule has 6 nitrogen and oxygen atoms in total. The molecule has 1 aliphatic carbocycles. The number of carbonyl (C=O) groups is 1. The molecule has 0 radical (unpaired) electrons. The highest BCUT2D eigenvalue weighted by molar-refractivity contribution is 6.31. The van der Waals surface area contributed by atoms with Gasteiger partial charge in [0.25, 0.3) is 6.01 Å². The van der Waals surface area contributed by atoms with Gasteiger partial charge in [0, 0.05) is 30.2 Å². The Morgan fingerprint density at radius 3 is 2.69 bits per heavy atom. The second kappa shape index (κ2) is 8.05. The first-order valence-corrected chi connectivity index (χ1v) is 11.0. The molecular weight excluding hydrogens is 390 g/mol. The van der Waals surface area contributed by atoms with Crippen molar-refractivity contribution in [1.82, 2.24) is 9.88 Å². The van der Waals surface area contributed by atoms with E-state index >= 15 is 0 Å². The highest BCUT2D eigenvalue weighted by Gasteiger charge is 2.35. The van der Waals surface area contributed by atoms with E-state index in [4.69, 9.17) is 20.8 Å². The fourth-order valence-corrected chi connectivity index (χ4v) is 4.19. The van der Waals surface area contributed by atoms with E-state index in [1.54, 1.807) is 6.07 Å². The number of anilines is 1. The fraction of sp³-hybridized carbons (Fsp3) is 0.636. The van der Waals surface area contributed by atoms with Gasteiger partial charge in [-0.15, -0.1) is 0 Å². The standard InChI is InChI=1S/C22H30ClN3O3/c1-22(2,3)29-21(27)26-10-8-14(9-11-26)12-18(15-4-5-15)25-20-24-17-7-6-16(23)13-19(17)28-20/h6-7,13-15,18H,4-5,8-12H2,1-3H3,(H,24,25)/t18-/m0/s1. The molecule has 1 saturated carbocycles. The van der Waals surface area contributed by atoms with Crippen LogP contribution in [-0.4, -0.2) is 40.7 Å². The summed E-state index contributed by atoms with van der Waals surface area (Å²) in [4.78, 5) is 18.7. The third kappa shape index (κ3) is 5.35. The van der Waals surface area contributed by atoms with E-state index in [0.717, 1.165) is 37.9 Å². The van der Waals surface area contributed by atoms with E-state index in [9.17, 15) is 4.79 Å². The number of amides is 1. The van der Waals surface area contributed by atoms with Crippen LogP contribution < -0.4 is 5.32 Å². The lowest BCUT2D eigenvalue weighted by Crippen LogP contribution is -2.42. The van der Waals surface area contributed by atoms with Gasteiger partial charge >= 0.3 is 6.09 Å².